The molecule has 0 fully saturated rings. The number of rotatable bonds is 8. The molecular formula is C18H24ClN3O4S. The topological polar surface area (TPSA) is 111 Å². The van der Waals surface area contributed by atoms with Gasteiger partial charge in [-0.05, 0) is 56.3 Å². The van der Waals surface area contributed by atoms with Gasteiger partial charge in [0.1, 0.15) is 12.4 Å². The van der Waals surface area contributed by atoms with Crippen LogP contribution in [0.4, 0.5) is 5.69 Å². The Morgan fingerprint density at radius 1 is 1.15 bits per heavy atom. The highest BCUT2D eigenvalue weighted by atomic mass is 35.5. The Morgan fingerprint density at radius 3 is 2.41 bits per heavy atom. The Bertz CT molecular complexity index is 855. The number of sulfonamides is 1. The predicted octanol–water partition coefficient (Wildman–Crippen LogP) is 2.38. The molecule has 0 radical (unpaired) electrons. The van der Waals surface area contributed by atoms with E-state index in [2.05, 4.69) is 10.0 Å². The van der Waals surface area contributed by atoms with Gasteiger partial charge in [0.25, 0.3) is 5.91 Å². The zero-order valence-corrected chi connectivity index (χ0v) is 16.8. The Balaban J connectivity index is 0.00000364. The number of hydrogen-bond donors (Lipinski definition) is 3. The van der Waals surface area contributed by atoms with Gasteiger partial charge in [-0.2, -0.15) is 0 Å². The molecule has 2 aromatic carbocycles. The fourth-order valence-electron chi connectivity index (χ4n) is 2.20. The summed E-state index contributed by atoms with van der Waals surface area (Å²) in [5, 5.41) is 2.73. The van der Waals surface area contributed by atoms with Gasteiger partial charge in [-0.15, -0.1) is 12.4 Å². The number of amides is 1. The van der Waals surface area contributed by atoms with Gasteiger partial charge in [0, 0.05) is 23.8 Å². The highest BCUT2D eigenvalue weighted by Gasteiger charge is 2.17. The van der Waals surface area contributed by atoms with E-state index in [1.54, 1.807) is 44.2 Å². The Labute approximate surface area is 165 Å². The molecule has 0 bridgehead atoms. The van der Waals surface area contributed by atoms with Crippen LogP contribution in [0.15, 0.2) is 53.4 Å². The molecule has 0 aliphatic carbocycles. The number of benzene rings is 2. The second kappa shape index (κ2) is 10.3. The number of hydrogen-bond acceptors (Lipinski definition) is 5. The van der Waals surface area contributed by atoms with Crippen molar-refractivity contribution >= 4 is 34.0 Å². The summed E-state index contributed by atoms with van der Waals surface area (Å²) in [6.07, 6.45) is 0. The molecule has 1 amide bonds. The fourth-order valence-corrected chi connectivity index (χ4v) is 3.49. The number of carbonyl (C=O) groups is 1. The van der Waals surface area contributed by atoms with Crippen LogP contribution in [0.3, 0.4) is 0 Å². The molecule has 0 saturated heterocycles. The minimum atomic E-state index is -3.66. The second-order valence-corrected chi connectivity index (χ2v) is 7.63. The average Bonchev–Trinajstić information content (AvgIpc) is 2.60. The molecule has 0 aliphatic rings. The van der Waals surface area contributed by atoms with Gasteiger partial charge >= 0.3 is 0 Å². The minimum absolute atomic E-state index is 0. The zero-order valence-electron chi connectivity index (χ0n) is 15.1. The summed E-state index contributed by atoms with van der Waals surface area (Å²) in [4.78, 5) is 12.4. The molecule has 0 heterocycles. The molecule has 27 heavy (non-hydrogen) atoms. The van der Waals surface area contributed by atoms with Gasteiger partial charge in [-0.1, -0.05) is 6.07 Å². The monoisotopic (exact) mass is 413 g/mol. The Hall–Kier alpha value is -2.13. The number of carbonyl (C=O) groups excluding carboxylic acids is 1. The first-order chi connectivity index (χ1) is 12.3. The van der Waals surface area contributed by atoms with Crippen molar-refractivity contribution in [3.05, 3.63) is 54.1 Å². The number of ether oxygens (including phenoxy) is 1. The predicted molar refractivity (Wildman–Crippen MR) is 108 cm³/mol. The molecule has 0 aromatic heterocycles. The van der Waals surface area contributed by atoms with Crippen molar-refractivity contribution in [2.45, 2.75) is 24.8 Å². The number of nitrogens with two attached hydrogens (primary N) is 1. The lowest BCUT2D eigenvalue weighted by molar-refractivity contribution is 0.102. The van der Waals surface area contributed by atoms with Gasteiger partial charge in [-0.25, -0.2) is 13.1 Å². The highest BCUT2D eigenvalue weighted by molar-refractivity contribution is 7.89. The molecule has 4 N–H and O–H groups in total. The largest absolute Gasteiger partial charge is 0.492 e. The first-order valence-electron chi connectivity index (χ1n) is 8.18. The SMILES string of the molecule is CC(C)NS(=O)(=O)c1cccc(C(=O)Nc2ccc(OCCN)cc2)c1.Cl. The first-order valence-corrected chi connectivity index (χ1v) is 9.67. The molecule has 0 aliphatic heterocycles. The molecule has 2 aromatic rings. The summed E-state index contributed by atoms with van der Waals surface area (Å²) in [5.74, 6) is 0.253. The second-order valence-electron chi connectivity index (χ2n) is 5.92. The van der Waals surface area contributed by atoms with Gasteiger partial charge < -0.3 is 15.8 Å². The van der Waals surface area contributed by atoms with Crippen LogP contribution in [0.1, 0.15) is 24.2 Å². The van der Waals surface area contributed by atoms with Crippen LogP contribution in [-0.2, 0) is 10.0 Å². The molecule has 0 unspecified atom stereocenters. The summed E-state index contributed by atoms with van der Waals surface area (Å²) < 4.78 is 32.3. The van der Waals surface area contributed by atoms with Crippen LogP contribution in [-0.4, -0.2) is 33.5 Å². The van der Waals surface area contributed by atoms with Crippen LogP contribution in [0.5, 0.6) is 5.75 Å². The standard InChI is InChI=1S/C18H23N3O4S.ClH/c1-13(2)21-26(23,24)17-5-3-4-14(12-17)18(22)20-15-6-8-16(9-7-15)25-11-10-19;/h3-9,12-13,21H,10-11,19H2,1-2H3,(H,20,22);1H. The minimum Gasteiger partial charge on any atom is -0.492 e. The maximum atomic E-state index is 12.4. The van der Waals surface area contributed by atoms with Crippen molar-refractivity contribution in [2.24, 2.45) is 5.73 Å². The van der Waals surface area contributed by atoms with Crippen molar-refractivity contribution in [2.75, 3.05) is 18.5 Å². The number of halogens is 1. The molecule has 2 rings (SSSR count). The van der Waals surface area contributed by atoms with Crippen LogP contribution < -0.4 is 20.5 Å². The molecule has 0 spiro atoms. The summed E-state index contributed by atoms with van der Waals surface area (Å²) in [5.41, 5.74) is 6.20. The lowest BCUT2D eigenvalue weighted by Gasteiger charge is -2.11. The maximum absolute atomic E-state index is 12.4. The van der Waals surface area contributed by atoms with Gasteiger partial charge in [-0.3, -0.25) is 4.79 Å². The van der Waals surface area contributed by atoms with Crippen LogP contribution >= 0.6 is 12.4 Å². The lowest BCUT2D eigenvalue weighted by Crippen LogP contribution is -2.30. The molecule has 9 heteroatoms. The van der Waals surface area contributed by atoms with Crippen LogP contribution in [0.2, 0.25) is 0 Å². The summed E-state index contributed by atoms with van der Waals surface area (Å²) in [6, 6.07) is 12.5. The van der Waals surface area contributed by atoms with Crippen molar-refractivity contribution in [3.63, 3.8) is 0 Å². The van der Waals surface area contributed by atoms with E-state index < -0.39 is 15.9 Å². The quantitative estimate of drug-likeness (QED) is 0.615. The fraction of sp³-hybridized carbons (Fsp3) is 0.278. The Kier molecular flexibility index (Phi) is 8.71. The van der Waals surface area contributed by atoms with Crippen LogP contribution in [0.25, 0.3) is 0 Å². The van der Waals surface area contributed by atoms with Crippen molar-refractivity contribution in [1.82, 2.24) is 4.72 Å². The van der Waals surface area contributed by atoms with E-state index in [0.29, 0.717) is 24.6 Å². The molecule has 7 nitrogen and oxygen atoms in total. The van der Waals surface area contributed by atoms with Crippen molar-refractivity contribution in [1.29, 1.82) is 0 Å². The van der Waals surface area contributed by atoms with Gasteiger partial charge in [0.15, 0.2) is 0 Å². The maximum Gasteiger partial charge on any atom is 0.255 e. The normalized spacial score (nSPS) is 11.0. The van der Waals surface area contributed by atoms with E-state index in [4.69, 9.17) is 10.5 Å². The zero-order chi connectivity index (χ0) is 19.2. The number of nitrogens with one attached hydrogen (secondary N) is 2. The summed E-state index contributed by atoms with van der Waals surface area (Å²) >= 11 is 0. The highest BCUT2D eigenvalue weighted by Crippen LogP contribution is 2.17. The first kappa shape index (κ1) is 22.9. The van der Waals surface area contributed by atoms with Crippen molar-refractivity contribution < 1.29 is 17.9 Å². The molecule has 148 valence electrons. The third-order valence-electron chi connectivity index (χ3n) is 3.30. The van der Waals surface area contributed by atoms with Gasteiger partial charge in [0.05, 0.1) is 4.90 Å². The van der Waals surface area contributed by atoms with Crippen molar-refractivity contribution in [3.8, 4) is 5.75 Å². The molecule has 0 atom stereocenters. The smallest absolute Gasteiger partial charge is 0.255 e. The summed E-state index contributed by atoms with van der Waals surface area (Å²) in [7, 11) is -3.66. The van der Waals surface area contributed by atoms with E-state index in [1.165, 1.54) is 18.2 Å². The van der Waals surface area contributed by atoms with Gasteiger partial charge in [0.2, 0.25) is 10.0 Å². The molecular weight excluding hydrogens is 390 g/mol. The van der Waals surface area contributed by atoms with Crippen LogP contribution in [0, 0.1) is 0 Å². The van der Waals surface area contributed by atoms with E-state index in [-0.39, 0.29) is 28.9 Å². The van der Waals surface area contributed by atoms with E-state index >= 15 is 0 Å². The van der Waals surface area contributed by atoms with E-state index in [9.17, 15) is 13.2 Å². The lowest BCUT2D eigenvalue weighted by atomic mass is 10.2. The number of anilines is 1. The Morgan fingerprint density at radius 2 is 1.81 bits per heavy atom. The van der Waals surface area contributed by atoms with E-state index in [1.807, 2.05) is 0 Å². The molecule has 0 saturated carbocycles. The third kappa shape index (κ3) is 6.84. The summed E-state index contributed by atoms with van der Waals surface area (Å²) in [6.45, 7) is 4.30. The third-order valence-corrected chi connectivity index (χ3v) is 4.95. The van der Waals surface area contributed by atoms with E-state index in [0.717, 1.165) is 0 Å². The average molecular weight is 414 g/mol.